The van der Waals surface area contributed by atoms with E-state index in [0.717, 1.165) is 12.8 Å². The molecule has 4 aliphatic rings. The molecule has 4 nitrogen and oxygen atoms in total. The van der Waals surface area contributed by atoms with Gasteiger partial charge in [0.05, 0.1) is 17.5 Å². The van der Waals surface area contributed by atoms with Crippen LogP contribution in [-0.2, 0) is 14.4 Å². The molecule has 1 heterocycles. The van der Waals surface area contributed by atoms with Crippen LogP contribution in [-0.4, -0.2) is 17.6 Å². The summed E-state index contributed by atoms with van der Waals surface area (Å²) in [7, 11) is 0. The first-order valence-corrected chi connectivity index (χ1v) is 7.14. The number of anilines is 1. The monoisotopic (exact) mass is 269 g/mol. The molecule has 4 atom stereocenters. The van der Waals surface area contributed by atoms with Crippen LogP contribution in [0.2, 0.25) is 0 Å². The van der Waals surface area contributed by atoms with E-state index in [1.54, 1.807) is 12.1 Å². The van der Waals surface area contributed by atoms with Crippen molar-refractivity contribution in [3.63, 3.8) is 0 Å². The van der Waals surface area contributed by atoms with Crippen LogP contribution in [0.15, 0.2) is 30.3 Å². The molecular formula is C16H15NO3. The van der Waals surface area contributed by atoms with Gasteiger partial charge in [0.15, 0.2) is 0 Å². The molecule has 3 aliphatic carbocycles. The predicted molar refractivity (Wildman–Crippen MR) is 71.8 cm³/mol. The number of hydrogen-bond acceptors (Lipinski definition) is 3. The molecule has 102 valence electrons. The normalized spacial score (nSPS) is 35.6. The zero-order chi connectivity index (χ0) is 13.9. The average molecular weight is 269 g/mol. The van der Waals surface area contributed by atoms with Crippen molar-refractivity contribution in [3.05, 3.63) is 30.3 Å². The number of amides is 2. The highest BCUT2D eigenvalue weighted by Crippen LogP contribution is 2.52. The van der Waals surface area contributed by atoms with Crippen molar-refractivity contribution in [2.45, 2.75) is 19.3 Å². The van der Waals surface area contributed by atoms with E-state index in [1.807, 2.05) is 18.2 Å². The second-order valence-corrected chi connectivity index (χ2v) is 6.01. The number of para-hydroxylation sites is 1. The third-order valence-electron chi connectivity index (χ3n) is 5.08. The maximum Gasteiger partial charge on any atom is 0.238 e. The molecule has 0 N–H and O–H groups in total. The van der Waals surface area contributed by atoms with E-state index in [0.29, 0.717) is 12.1 Å². The molecule has 1 aliphatic heterocycles. The van der Waals surface area contributed by atoms with Crippen molar-refractivity contribution < 1.29 is 14.4 Å². The molecule has 0 radical (unpaired) electrons. The van der Waals surface area contributed by atoms with E-state index in [-0.39, 0.29) is 35.4 Å². The molecular weight excluding hydrogens is 254 g/mol. The van der Waals surface area contributed by atoms with E-state index in [9.17, 15) is 14.4 Å². The molecule has 0 aromatic heterocycles. The lowest BCUT2D eigenvalue weighted by Crippen LogP contribution is -2.46. The fourth-order valence-electron chi connectivity index (χ4n) is 4.22. The summed E-state index contributed by atoms with van der Waals surface area (Å²) in [6.07, 6.45) is 2.15. The van der Waals surface area contributed by atoms with Crippen LogP contribution in [0.1, 0.15) is 19.3 Å². The lowest BCUT2D eigenvalue weighted by Gasteiger charge is -2.41. The minimum absolute atomic E-state index is 0.0719. The third kappa shape index (κ3) is 1.39. The second kappa shape index (κ2) is 4.01. The number of ketones is 1. The number of imide groups is 1. The summed E-state index contributed by atoms with van der Waals surface area (Å²) in [5.74, 6) is -0.916. The molecule has 2 amide bonds. The maximum absolute atomic E-state index is 12.6. The molecule has 2 bridgehead atoms. The first-order valence-electron chi connectivity index (χ1n) is 7.14. The maximum atomic E-state index is 12.6. The number of hydrogen-bond donors (Lipinski definition) is 0. The van der Waals surface area contributed by atoms with E-state index in [4.69, 9.17) is 0 Å². The summed E-state index contributed by atoms with van der Waals surface area (Å²) < 4.78 is 0. The number of nitrogens with zero attached hydrogens (tertiary/aromatic N) is 1. The Hall–Kier alpha value is -1.97. The van der Waals surface area contributed by atoms with Crippen LogP contribution in [0.4, 0.5) is 5.69 Å². The number of carbonyl (C=O) groups is 3. The van der Waals surface area contributed by atoms with Gasteiger partial charge < -0.3 is 0 Å². The number of Topliss-reactive ketones (excluding diaryl/α,β-unsaturated/α-hetero) is 1. The number of rotatable bonds is 1. The van der Waals surface area contributed by atoms with E-state index < -0.39 is 5.92 Å². The van der Waals surface area contributed by atoms with Gasteiger partial charge in [0.25, 0.3) is 0 Å². The Morgan fingerprint density at radius 2 is 1.60 bits per heavy atom. The highest BCUT2D eigenvalue weighted by atomic mass is 16.2. The molecule has 2 unspecified atom stereocenters. The standard InChI is InChI=1S/C16H15NO3/c18-12-8-9-6-7-11(12)14-13(9)15(19)17(16(14)20)10-4-2-1-3-5-10/h1-5,9,11,13-14H,6-8H2/t9-,11+,13?,14?/m0/s1. The van der Waals surface area contributed by atoms with Gasteiger partial charge in [-0.2, -0.15) is 0 Å². The van der Waals surface area contributed by atoms with Crippen molar-refractivity contribution in [1.82, 2.24) is 0 Å². The SMILES string of the molecule is O=C1C[C@@H]2CC[C@H]1C1C(=O)N(c3ccccc3)C(=O)C12. The van der Waals surface area contributed by atoms with Crippen LogP contribution in [0.25, 0.3) is 0 Å². The largest absolute Gasteiger partial charge is 0.299 e. The lowest BCUT2D eigenvalue weighted by molar-refractivity contribution is -0.143. The van der Waals surface area contributed by atoms with Crippen molar-refractivity contribution in [3.8, 4) is 0 Å². The number of carbonyl (C=O) groups excluding carboxylic acids is 3. The van der Waals surface area contributed by atoms with Crippen LogP contribution < -0.4 is 4.90 Å². The zero-order valence-corrected chi connectivity index (χ0v) is 11.0. The fourth-order valence-corrected chi connectivity index (χ4v) is 4.22. The zero-order valence-electron chi connectivity index (χ0n) is 11.0. The van der Waals surface area contributed by atoms with Crippen molar-refractivity contribution >= 4 is 23.3 Å². The van der Waals surface area contributed by atoms with E-state index >= 15 is 0 Å². The smallest absolute Gasteiger partial charge is 0.238 e. The van der Waals surface area contributed by atoms with E-state index in [1.165, 1.54) is 4.90 Å². The van der Waals surface area contributed by atoms with Gasteiger partial charge in [-0.25, -0.2) is 0 Å². The lowest BCUT2D eigenvalue weighted by atomic mass is 9.59. The summed E-state index contributed by atoms with van der Waals surface area (Å²) in [6.45, 7) is 0. The summed E-state index contributed by atoms with van der Waals surface area (Å²) in [5, 5.41) is 0. The Kier molecular flexibility index (Phi) is 2.37. The topological polar surface area (TPSA) is 54.5 Å². The van der Waals surface area contributed by atoms with Gasteiger partial charge in [0, 0.05) is 12.3 Å². The van der Waals surface area contributed by atoms with Crippen LogP contribution in [0.3, 0.4) is 0 Å². The van der Waals surface area contributed by atoms with Gasteiger partial charge >= 0.3 is 0 Å². The molecule has 0 spiro atoms. The van der Waals surface area contributed by atoms with Gasteiger partial charge in [-0.05, 0) is 30.9 Å². The Labute approximate surface area is 116 Å². The summed E-state index contributed by atoms with van der Waals surface area (Å²) >= 11 is 0. The molecule has 4 fully saturated rings. The fraction of sp³-hybridized carbons (Fsp3) is 0.438. The minimum atomic E-state index is -0.400. The van der Waals surface area contributed by atoms with Crippen molar-refractivity contribution in [2.75, 3.05) is 4.90 Å². The van der Waals surface area contributed by atoms with Crippen LogP contribution in [0.5, 0.6) is 0 Å². The molecule has 1 aromatic carbocycles. The molecule has 3 saturated carbocycles. The summed E-state index contributed by atoms with van der Waals surface area (Å²) in [4.78, 5) is 38.6. The van der Waals surface area contributed by atoms with Gasteiger partial charge in [-0.15, -0.1) is 0 Å². The van der Waals surface area contributed by atoms with Gasteiger partial charge in [0.2, 0.25) is 11.8 Å². The molecule has 1 saturated heterocycles. The average Bonchev–Trinajstić information content (AvgIpc) is 2.74. The Morgan fingerprint density at radius 1 is 0.900 bits per heavy atom. The number of fused-ring (bicyclic) bond motifs is 2. The van der Waals surface area contributed by atoms with Crippen LogP contribution >= 0.6 is 0 Å². The third-order valence-corrected chi connectivity index (χ3v) is 5.08. The predicted octanol–water partition coefficient (Wildman–Crippen LogP) is 1.79. The Balaban J connectivity index is 1.78. The highest BCUT2D eigenvalue weighted by Gasteiger charge is 2.60. The van der Waals surface area contributed by atoms with Gasteiger partial charge in [-0.1, -0.05) is 18.2 Å². The van der Waals surface area contributed by atoms with Gasteiger partial charge in [-0.3, -0.25) is 19.3 Å². The summed E-state index contributed by atoms with van der Waals surface area (Å²) in [5.41, 5.74) is 0.628. The highest BCUT2D eigenvalue weighted by molar-refractivity contribution is 6.23. The second-order valence-electron chi connectivity index (χ2n) is 6.01. The molecule has 1 aromatic rings. The quantitative estimate of drug-likeness (QED) is 0.730. The van der Waals surface area contributed by atoms with Gasteiger partial charge in [0.1, 0.15) is 5.78 Å². The van der Waals surface area contributed by atoms with Crippen LogP contribution in [0, 0.1) is 23.7 Å². The first-order chi connectivity index (χ1) is 9.68. The summed E-state index contributed by atoms with van der Waals surface area (Å²) in [6, 6.07) is 9.04. The Bertz CT molecular complexity index is 609. The number of benzene rings is 1. The molecule has 4 heteroatoms. The first kappa shape index (κ1) is 11.8. The Morgan fingerprint density at radius 3 is 2.30 bits per heavy atom. The molecule has 5 rings (SSSR count). The van der Waals surface area contributed by atoms with Crippen molar-refractivity contribution in [1.29, 1.82) is 0 Å². The minimum Gasteiger partial charge on any atom is -0.299 e. The van der Waals surface area contributed by atoms with Crippen molar-refractivity contribution in [2.24, 2.45) is 23.7 Å². The molecule has 20 heavy (non-hydrogen) atoms. The van der Waals surface area contributed by atoms with E-state index in [2.05, 4.69) is 0 Å².